The van der Waals surface area contributed by atoms with Crippen LogP contribution >= 0.6 is 0 Å². The number of amides is 3. The molecule has 0 aliphatic carbocycles. The minimum Gasteiger partial charge on any atom is -0.307 e. The van der Waals surface area contributed by atoms with Crippen molar-refractivity contribution in [1.82, 2.24) is 0 Å². The minimum absolute atomic E-state index is 0.0476. The highest BCUT2D eigenvalue weighted by Gasteiger charge is 2.35. The van der Waals surface area contributed by atoms with E-state index in [1.807, 2.05) is 13.0 Å². The summed E-state index contributed by atoms with van der Waals surface area (Å²) in [5.74, 6) is -0.549. The van der Waals surface area contributed by atoms with Crippen molar-refractivity contribution in [1.29, 1.82) is 0 Å². The van der Waals surface area contributed by atoms with Crippen LogP contribution in [0.1, 0.15) is 40.0 Å². The maximum absolute atomic E-state index is 12.4. The molecule has 0 bridgehead atoms. The van der Waals surface area contributed by atoms with Crippen LogP contribution in [0.4, 0.5) is 11.4 Å². The summed E-state index contributed by atoms with van der Waals surface area (Å²) in [5, 5.41) is 0. The Morgan fingerprint density at radius 2 is 1.67 bits per heavy atom. The van der Waals surface area contributed by atoms with E-state index in [2.05, 4.69) is 0 Å². The van der Waals surface area contributed by atoms with E-state index in [9.17, 15) is 14.4 Å². The fourth-order valence-corrected chi connectivity index (χ4v) is 2.65. The van der Waals surface area contributed by atoms with Crippen LogP contribution in [0.5, 0.6) is 0 Å². The molecule has 1 aliphatic rings. The molecule has 0 saturated heterocycles. The first-order valence-corrected chi connectivity index (χ1v) is 7.28. The fraction of sp³-hybridized carbons (Fsp3) is 0.438. The lowest BCUT2D eigenvalue weighted by atomic mass is 10.1. The fourth-order valence-electron chi connectivity index (χ4n) is 2.65. The lowest BCUT2D eigenvalue weighted by molar-refractivity contribution is -0.126. The van der Waals surface area contributed by atoms with E-state index in [-0.39, 0.29) is 36.6 Å². The number of benzene rings is 1. The highest BCUT2D eigenvalue weighted by Crippen LogP contribution is 2.35. The molecule has 1 unspecified atom stereocenters. The summed E-state index contributed by atoms with van der Waals surface area (Å²) in [6.45, 7) is 5.35. The van der Waals surface area contributed by atoms with Crippen LogP contribution in [-0.2, 0) is 14.4 Å². The Bertz CT molecular complexity index is 583. The highest BCUT2D eigenvalue weighted by molar-refractivity contribution is 6.19. The van der Waals surface area contributed by atoms with E-state index in [0.29, 0.717) is 17.8 Å². The van der Waals surface area contributed by atoms with Gasteiger partial charge in [-0.3, -0.25) is 14.4 Å². The average Bonchev–Trinajstić information content (AvgIpc) is 2.58. The van der Waals surface area contributed by atoms with Crippen molar-refractivity contribution in [2.45, 2.75) is 46.1 Å². The maximum atomic E-state index is 12.4. The van der Waals surface area contributed by atoms with Crippen molar-refractivity contribution in [2.24, 2.45) is 0 Å². The predicted molar refractivity (Wildman–Crippen MR) is 81.1 cm³/mol. The minimum atomic E-state index is -0.263. The molecule has 112 valence electrons. The van der Waals surface area contributed by atoms with E-state index >= 15 is 0 Å². The van der Waals surface area contributed by atoms with Crippen LogP contribution in [0.15, 0.2) is 24.3 Å². The molecule has 1 aromatic rings. The molecule has 0 spiro atoms. The molecule has 0 aromatic heterocycles. The zero-order valence-corrected chi connectivity index (χ0v) is 12.6. The van der Waals surface area contributed by atoms with E-state index in [1.54, 1.807) is 36.9 Å². The van der Waals surface area contributed by atoms with Gasteiger partial charge in [0.1, 0.15) is 0 Å². The van der Waals surface area contributed by atoms with Gasteiger partial charge in [-0.25, -0.2) is 4.90 Å². The molecule has 0 saturated carbocycles. The third kappa shape index (κ3) is 2.68. The summed E-state index contributed by atoms with van der Waals surface area (Å²) in [6.07, 6.45) is 0.747. The maximum Gasteiger partial charge on any atom is 0.235 e. The van der Waals surface area contributed by atoms with Crippen molar-refractivity contribution >= 4 is 29.1 Å². The van der Waals surface area contributed by atoms with Crippen molar-refractivity contribution in [3.05, 3.63) is 24.3 Å². The van der Waals surface area contributed by atoms with Gasteiger partial charge in [0.2, 0.25) is 17.7 Å². The van der Waals surface area contributed by atoms with E-state index in [0.717, 1.165) is 0 Å². The largest absolute Gasteiger partial charge is 0.307 e. The number of carbonyl (C=O) groups is 3. The Balaban J connectivity index is 2.62. The number of hydrogen-bond acceptors (Lipinski definition) is 3. The first kappa shape index (κ1) is 15.2. The van der Waals surface area contributed by atoms with Gasteiger partial charge in [0.25, 0.3) is 0 Å². The van der Waals surface area contributed by atoms with E-state index < -0.39 is 0 Å². The van der Waals surface area contributed by atoms with Crippen molar-refractivity contribution in [3.63, 3.8) is 0 Å². The van der Waals surface area contributed by atoms with Crippen molar-refractivity contribution in [3.8, 4) is 0 Å². The predicted octanol–water partition coefficient (Wildman–Crippen LogP) is 2.49. The summed E-state index contributed by atoms with van der Waals surface area (Å²) < 4.78 is 0. The monoisotopic (exact) mass is 288 g/mol. The summed E-state index contributed by atoms with van der Waals surface area (Å²) >= 11 is 0. The first-order valence-electron chi connectivity index (χ1n) is 7.28. The number of nitrogens with zero attached hydrogens (tertiary/aromatic N) is 2. The topological polar surface area (TPSA) is 57.7 Å². The molecule has 1 atom stereocenters. The van der Waals surface area contributed by atoms with Gasteiger partial charge >= 0.3 is 0 Å². The highest BCUT2D eigenvalue weighted by atomic mass is 16.2. The standard InChI is InChI=1S/C16H20N2O3/c1-4-14(19)17-11(3)10-16(21)18(15(20)5-2)13-9-7-6-8-12(13)17/h6-9,11H,4-5,10H2,1-3H3. The molecule has 5 heteroatoms. The van der Waals surface area contributed by atoms with Gasteiger partial charge in [0.05, 0.1) is 11.4 Å². The Hall–Kier alpha value is -2.17. The molecule has 1 aromatic carbocycles. The van der Waals surface area contributed by atoms with Gasteiger partial charge in [-0.2, -0.15) is 0 Å². The molecule has 21 heavy (non-hydrogen) atoms. The lowest BCUT2D eigenvalue weighted by Crippen LogP contribution is -2.39. The van der Waals surface area contributed by atoms with Gasteiger partial charge in [-0.05, 0) is 19.1 Å². The Kier molecular flexibility index (Phi) is 4.40. The zero-order valence-electron chi connectivity index (χ0n) is 12.6. The first-order chi connectivity index (χ1) is 10.0. The summed E-state index contributed by atoms with van der Waals surface area (Å²) in [5.41, 5.74) is 1.13. The SMILES string of the molecule is CCC(=O)N1C(=O)CC(C)N(C(=O)CC)c2ccccc21. The van der Waals surface area contributed by atoms with Crippen LogP contribution in [0, 0.1) is 0 Å². The molecule has 0 radical (unpaired) electrons. The normalized spacial score (nSPS) is 18.2. The second kappa shape index (κ2) is 6.08. The van der Waals surface area contributed by atoms with Gasteiger partial charge in [-0.1, -0.05) is 26.0 Å². The van der Waals surface area contributed by atoms with Crippen molar-refractivity contribution < 1.29 is 14.4 Å². The molecule has 5 nitrogen and oxygen atoms in total. The number of rotatable bonds is 2. The lowest BCUT2D eigenvalue weighted by Gasteiger charge is -2.27. The molecule has 1 aliphatic heterocycles. The second-order valence-electron chi connectivity index (χ2n) is 5.14. The molecular weight excluding hydrogens is 268 g/mol. The number of para-hydroxylation sites is 2. The quantitative estimate of drug-likeness (QED) is 0.840. The molecule has 2 rings (SSSR count). The van der Waals surface area contributed by atoms with Gasteiger partial charge in [-0.15, -0.1) is 0 Å². The van der Waals surface area contributed by atoms with Crippen molar-refractivity contribution in [2.75, 3.05) is 9.80 Å². The number of imide groups is 1. The van der Waals surface area contributed by atoms with Gasteiger partial charge < -0.3 is 4.90 Å². The van der Waals surface area contributed by atoms with E-state index in [4.69, 9.17) is 0 Å². The van der Waals surface area contributed by atoms with Crippen LogP contribution < -0.4 is 9.80 Å². The second-order valence-corrected chi connectivity index (χ2v) is 5.14. The van der Waals surface area contributed by atoms with Crippen LogP contribution in [0.3, 0.4) is 0 Å². The Morgan fingerprint density at radius 3 is 2.24 bits per heavy atom. The third-order valence-electron chi connectivity index (χ3n) is 3.67. The number of fused-ring (bicyclic) bond motifs is 1. The van der Waals surface area contributed by atoms with Gasteiger partial charge in [0.15, 0.2) is 0 Å². The van der Waals surface area contributed by atoms with Gasteiger partial charge in [0, 0.05) is 25.3 Å². The Labute approximate surface area is 124 Å². The van der Waals surface area contributed by atoms with E-state index in [1.165, 1.54) is 4.90 Å². The number of carbonyl (C=O) groups excluding carboxylic acids is 3. The van der Waals surface area contributed by atoms with Crippen LogP contribution in [0.25, 0.3) is 0 Å². The molecule has 0 N–H and O–H groups in total. The molecule has 3 amide bonds. The summed E-state index contributed by atoms with van der Waals surface area (Å²) in [7, 11) is 0. The molecule has 1 heterocycles. The average molecular weight is 288 g/mol. The van der Waals surface area contributed by atoms with Crippen LogP contribution in [-0.4, -0.2) is 23.8 Å². The third-order valence-corrected chi connectivity index (χ3v) is 3.67. The Morgan fingerprint density at radius 1 is 1.10 bits per heavy atom. The number of hydrogen-bond donors (Lipinski definition) is 0. The molecular formula is C16H20N2O3. The smallest absolute Gasteiger partial charge is 0.235 e. The van der Waals surface area contributed by atoms with Crippen LogP contribution in [0.2, 0.25) is 0 Å². The molecule has 0 fully saturated rings. The summed E-state index contributed by atoms with van der Waals surface area (Å²) in [4.78, 5) is 39.7. The summed E-state index contributed by atoms with van der Waals surface area (Å²) in [6, 6.07) is 6.82. The number of anilines is 2. The zero-order chi connectivity index (χ0) is 15.6.